The van der Waals surface area contributed by atoms with E-state index in [1.807, 2.05) is 6.07 Å². The molecule has 0 fully saturated rings. The predicted molar refractivity (Wildman–Crippen MR) is 148 cm³/mol. The maximum Gasteiger partial charge on any atom is 0.319 e. The van der Waals surface area contributed by atoms with Crippen LogP contribution < -0.4 is 15.4 Å². The van der Waals surface area contributed by atoms with E-state index in [2.05, 4.69) is 111 Å². The lowest BCUT2D eigenvalue weighted by atomic mass is 9.85. The Hall–Kier alpha value is -2.79. The Morgan fingerprint density at radius 3 is 2.34 bits per heavy atom. The first-order chi connectivity index (χ1) is 16.7. The molecular formula is C30H35BrN2O2. The average molecular weight is 536 g/mol. The molecule has 0 bridgehead atoms. The normalized spacial score (nSPS) is 14.7. The molecule has 184 valence electrons. The summed E-state index contributed by atoms with van der Waals surface area (Å²) in [6, 6.07) is 16.6. The molecule has 5 heteroatoms. The summed E-state index contributed by atoms with van der Waals surface area (Å²) in [5, 5.41) is 6.37. The summed E-state index contributed by atoms with van der Waals surface area (Å²) in [6.07, 6.45) is 0. The van der Waals surface area contributed by atoms with Crippen LogP contribution in [0.4, 0.5) is 10.5 Å². The van der Waals surface area contributed by atoms with Crippen LogP contribution in [0.25, 0.3) is 0 Å². The van der Waals surface area contributed by atoms with Gasteiger partial charge < -0.3 is 15.4 Å². The Labute approximate surface area is 217 Å². The molecule has 3 aromatic carbocycles. The number of urea groups is 1. The van der Waals surface area contributed by atoms with Gasteiger partial charge >= 0.3 is 6.03 Å². The largest absolute Gasteiger partial charge is 0.489 e. The number of rotatable bonds is 5. The zero-order valence-corrected chi connectivity index (χ0v) is 23.0. The summed E-state index contributed by atoms with van der Waals surface area (Å²) in [5.41, 5.74) is 8.99. The summed E-state index contributed by atoms with van der Waals surface area (Å²) in [4.78, 5) is 13.3. The van der Waals surface area contributed by atoms with Crippen molar-refractivity contribution in [1.82, 2.24) is 5.32 Å². The van der Waals surface area contributed by atoms with Gasteiger partial charge in [-0.2, -0.15) is 0 Å². The number of carbonyl (C=O) groups is 1. The van der Waals surface area contributed by atoms with Crippen LogP contribution in [0.1, 0.15) is 84.4 Å². The third-order valence-corrected chi connectivity index (χ3v) is 8.15. The standard InChI is InChI=1S/C30H35BrN2O2/c1-17(2)22-12-9-13-23(18(3)4)29(22)33-30(34)32-15-25-24-11-8-7-10-21(24)16-35-26-14-19(5)28(31)20(6)27(25)26/h7-14,17-18,25H,15-16H2,1-6H3,(H2,32,33,34). The van der Waals surface area contributed by atoms with E-state index in [1.165, 1.54) is 5.56 Å². The van der Waals surface area contributed by atoms with Gasteiger partial charge in [-0.3, -0.25) is 0 Å². The second-order valence-corrected chi connectivity index (χ2v) is 10.8. The Morgan fingerprint density at radius 1 is 1.03 bits per heavy atom. The number of halogens is 1. The van der Waals surface area contributed by atoms with Gasteiger partial charge in [0.2, 0.25) is 0 Å². The Balaban J connectivity index is 1.66. The van der Waals surface area contributed by atoms with Crippen LogP contribution in [0.15, 0.2) is 53.0 Å². The molecule has 1 aliphatic heterocycles. The Kier molecular flexibility index (Phi) is 7.56. The minimum absolute atomic E-state index is 0.0174. The molecule has 2 amide bonds. The molecule has 1 unspecified atom stereocenters. The first-order valence-electron chi connectivity index (χ1n) is 12.4. The van der Waals surface area contributed by atoms with Crippen LogP contribution in [-0.4, -0.2) is 12.6 Å². The second-order valence-electron chi connectivity index (χ2n) is 10.0. The molecular weight excluding hydrogens is 500 g/mol. The number of amides is 2. The number of hydrogen-bond acceptors (Lipinski definition) is 2. The molecule has 1 heterocycles. The van der Waals surface area contributed by atoms with Crippen molar-refractivity contribution in [3.8, 4) is 5.75 Å². The van der Waals surface area contributed by atoms with Crippen molar-refractivity contribution in [1.29, 1.82) is 0 Å². The maximum absolute atomic E-state index is 13.3. The van der Waals surface area contributed by atoms with Crippen molar-refractivity contribution < 1.29 is 9.53 Å². The Bertz CT molecular complexity index is 1220. The molecule has 35 heavy (non-hydrogen) atoms. The number of nitrogens with one attached hydrogen (secondary N) is 2. The molecule has 0 aliphatic carbocycles. The monoisotopic (exact) mass is 534 g/mol. The van der Waals surface area contributed by atoms with Crippen molar-refractivity contribution in [2.75, 3.05) is 11.9 Å². The first-order valence-corrected chi connectivity index (χ1v) is 13.2. The van der Waals surface area contributed by atoms with E-state index in [-0.39, 0.29) is 11.9 Å². The average Bonchev–Trinajstić information content (AvgIpc) is 2.98. The van der Waals surface area contributed by atoms with Crippen LogP contribution in [0.5, 0.6) is 5.75 Å². The molecule has 4 nitrogen and oxygen atoms in total. The summed E-state index contributed by atoms with van der Waals surface area (Å²) in [6.45, 7) is 13.8. The molecule has 3 aromatic rings. The van der Waals surface area contributed by atoms with E-state index in [0.29, 0.717) is 25.0 Å². The number of benzene rings is 3. The molecule has 0 radical (unpaired) electrons. The highest BCUT2D eigenvalue weighted by Gasteiger charge is 2.28. The number of fused-ring (bicyclic) bond motifs is 2. The quantitative estimate of drug-likeness (QED) is 0.346. The van der Waals surface area contributed by atoms with Gasteiger partial charge in [-0.25, -0.2) is 4.79 Å². The molecule has 0 saturated carbocycles. The lowest BCUT2D eigenvalue weighted by molar-refractivity contribution is 0.251. The number of anilines is 1. The molecule has 4 rings (SSSR count). The van der Waals surface area contributed by atoms with Crippen molar-refractivity contribution in [2.45, 2.75) is 65.9 Å². The minimum Gasteiger partial charge on any atom is -0.489 e. The van der Waals surface area contributed by atoms with Gasteiger partial charge in [0.05, 0.1) is 0 Å². The third kappa shape index (κ3) is 5.11. The number of carbonyl (C=O) groups excluding carboxylic acids is 1. The van der Waals surface area contributed by atoms with Crippen molar-refractivity contribution >= 4 is 27.6 Å². The van der Waals surface area contributed by atoms with Gasteiger partial charge in [0.15, 0.2) is 0 Å². The molecule has 0 spiro atoms. The molecule has 0 saturated heterocycles. The van der Waals surface area contributed by atoms with Crippen molar-refractivity contribution in [3.05, 3.63) is 91.9 Å². The summed E-state index contributed by atoms with van der Waals surface area (Å²) in [7, 11) is 0. The lowest BCUT2D eigenvalue weighted by Gasteiger charge is -2.24. The highest BCUT2D eigenvalue weighted by Crippen LogP contribution is 2.42. The predicted octanol–water partition coefficient (Wildman–Crippen LogP) is 8.16. The molecule has 0 aromatic heterocycles. The number of hydrogen-bond donors (Lipinski definition) is 2. The van der Waals surface area contributed by atoms with E-state index in [4.69, 9.17) is 4.74 Å². The zero-order valence-electron chi connectivity index (χ0n) is 21.5. The van der Waals surface area contributed by atoms with Crippen LogP contribution in [0, 0.1) is 13.8 Å². The van der Waals surface area contributed by atoms with Gasteiger partial charge in [-0.1, -0.05) is 86.1 Å². The van der Waals surface area contributed by atoms with Gasteiger partial charge in [-0.05, 0) is 65.1 Å². The maximum atomic E-state index is 13.3. The van der Waals surface area contributed by atoms with Crippen molar-refractivity contribution in [2.24, 2.45) is 0 Å². The van der Waals surface area contributed by atoms with Crippen LogP contribution >= 0.6 is 15.9 Å². The molecule has 1 aliphatic rings. The fourth-order valence-electron chi connectivity index (χ4n) is 5.07. The minimum atomic E-state index is -0.187. The highest BCUT2D eigenvalue weighted by molar-refractivity contribution is 9.10. The fourth-order valence-corrected chi connectivity index (χ4v) is 5.39. The summed E-state index contributed by atoms with van der Waals surface area (Å²) < 4.78 is 7.34. The van der Waals surface area contributed by atoms with E-state index in [1.54, 1.807) is 0 Å². The number of ether oxygens (including phenoxy) is 1. The molecule has 2 N–H and O–H groups in total. The van der Waals surface area contributed by atoms with Gasteiger partial charge in [0, 0.05) is 28.2 Å². The van der Waals surface area contributed by atoms with Crippen LogP contribution in [-0.2, 0) is 6.61 Å². The molecule has 1 atom stereocenters. The Morgan fingerprint density at radius 2 is 1.69 bits per heavy atom. The van der Waals surface area contributed by atoms with Gasteiger partial charge in [0.1, 0.15) is 12.4 Å². The third-order valence-electron chi connectivity index (χ3n) is 6.93. The van der Waals surface area contributed by atoms with E-state index < -0.39 is 0 Å². The first kappa shape index (κ1) is 25.3. The second kappa shape index (κ2) is 10.4. The van der Waals surface area contributed by atoms with Gasteiger partial charge in [0.25, 0.3) is 0 Å². The smallest absolute Gasteiger partial charge is 0.319 e. The van der Waals surface area contributed by atoms with Crippen molar-refractivity contribution in [3.63, 3.8) is 0 Å². The topological polar surface area (TPSA) is 50.4 Å². The van der Waals surface area contributed by atoms with Crippen LogP contribution in [0.3, 0.4) is 0 Å². The van der Waals surface area contributed by atoms with E-state index in [9.17, 15) is 4.79 Å². The van der Waals surface area contributed by atoms with E-state index in [0.717, 1.165) is 49.3 Å². The highest BCUT2D eigenvalue weighted by atomic mass is 79.9. The number of para-hydroxylation sites is 1. The summed E-state index contributed by atoms with van der Waals surface area (Å²) >= 11 is 3.76. The zero-order chi connectivity index (χ0) is 25.3. The van der Waals surface area contributed by atoms with Gasteiger partial charge in [-0.15, -0.1) is 0 Å². The summed E-state index contributed by atoms with van der Waals surface area (Å²) in [5.74, 6) is 1.49. The van der Waals surface area contributed by atoms with E-state index >= 15 is 0 Å². The number of aryl methyl sites for hydroxylation is 1. The van der Waals surface area contributed by atoms with Crippen LogP contribution in [0.2, 0.25) is 0 Å². The SMILES string of the molecule is Cc1cc2c(c(C)c1Br)C(CNC(=O)Nc1c(C(C)C)cccc1C(C)C)c1ccccc1CO2. The fraction of sp³-hybridized carbons (Fsp3) is 0.367. The lowest BCUT2D eigenvalue weighted by Crippen LogP contribution is -2.33.